The van der Waals surface area contributed by atoms with Crippen LogP contribution in [0, 0.1) is 5.92 Å². The highest BCUT2D eigenvalue weighted by Gasteiger charge is 2.19. The smallest absolute Gasteiger partial charge is 0.314 e. The van der Waals surface area contributed by atoms with Gasteiger partial charge in [0, 0.05) is 26.7 Å². The summed E-state index contributed by atoms with van der Waals surface area (Å²) < 4.78 is 5.12. The van der Waals surface area contributed by atoms with Gasteiger partial charge in [-0.2, -0.15) is 0 Å². The van der Waals surface area contributed by atoms with Crippen molar-refractivity contribution in [1.29, 1.82) is 0 Å². The molecular weight excluding hydrogens is 302 g/mol. The molecule has 0 radical (unpaired) electrons. The second kappa shape index (κ2) is 11.0. The van der Waals surface area contributed by atoms with E-state index in [2.05, 4.69) is 39.8 Å². The van der Waals surface area contributed by atoms with Crippen LogP contribution in [-0.2, 0) is 11.2 Å². The molecule has 0 spiro atoms. The van der Waals surface area contributed by atoms with Crippen LogP contribution in [0.5, 0.6) is 0 Å². The first-order chi connectivity index (χ1) is 11.8. The van der Waals surface area contributed by atoms with Gasteiger partial charge in [-0.1, -0.05) is 30.3 Å². The third kappa shape index (κ3) is 7.32. The first kappa shape index (κ1) is 18.7. The van der Waals surface area contributed by atoms with E-state index in [0.717, 1.165) is 65.0 Å². The van der Waals surface area contributed by atoms with Gasteiger partial charge in [0.1, 0.15) is 0 Å². The first-order valence-corrected chi connectivity index (χ1v) is 9.05. The second-order valence-corrected chi connectivity index (χ2v) is 6.50. The number of likely N-dealkylation sites (tertiary alicyclic amines) is 1. The van der Waals surface area contributed by atoms with E-state index < -0.39 is 0 Å². The summed E-state index contributed by atoms with van der Waals surface area (Å²) in [5.74, 6) is 0.596. The molecule has 0 saturated carbocycles. The van der Waals surface area contributed by atoms with Gasteiger partial charge in [0.2, 0.25) is 0 Å². The Balaban J connectivity index is 1.49. The number of piperidine rings is 1. The summed E-state index contributed by atoms with van der Waals surface area (Å²) >= 11 is 0. The van der Waals surface area contributed by atoms with E-state index >= 15 is 0 Å². The number of hydrogen-bond donors (Lipinski definition) is 2. The Hall–Kier alpha value is -1.59. The zero-order valence-electron chi connectivity index (χ0n) is 14.8. The topological polar surface area (TPSA) is 53.6 Å². The van der Waals surface area contributed by atoms with Crippen molar-refractivity contribution in [2.75, 3.05) is 46.4 Å². The number of rotatable bonds is 9. The van der Waals surface area contributed by atoms with Crippen molar-refractivity contribution >= 4 is 6.03 Å². The molecule has 5 heteroatoms. The van der Waals surface area contributed by atoms with E-state index in [1.54, 1.807) is 7.11 Å². The first-order valence-electron chi connectivity index (χ1n) is 9.05. The lowest BCUT2D eigenvalue weighted by Gasteiger charge is -2.31. The molecular formula is C19H31N3O2. The van der Waals surface area contributed by atoms with Gasteiger partial charge in [0.05, 0.1) is 6.61 Å². The van der Waals surface area contributed by atoms with Crippen LogP contribution in [0.1, 0.15) is 24.8 Å². The van der Waals surface area contributed by atoms with Gasteiger partial charge < -0.3 is 20.3 Å². The number of urea groups is 1. The Kier molecular flexibility index (Phi) is 8.63. The number of carbonyl (C=O) groups is 1. The van der Waals surface area contributed by atoms with Crippen LogP contribution in [-0.4, -0.2) is 57.4 Å². The van der Waals surface area contributed by atoms with Crippen molar-refractivity contribution in [3.63, 3.8) is 0 Å². The Labute approximate surface area is 145 Å². The summed E-state index contributed by atoms with van der Waals surface area (Å²) in [6.07, 6.45) is 4.27. The molecule has 2 amide bonds. The van der Waals surface area contributed by atoms with Gasteiger partial charge in [0.25, 0.3) is 0 Å². The summed E-state index contributed by atoms with van der Waals surface area (Å²) in [6.45, 7) is 5.52. The van der Waals surface area contributed by atoms with Crippen LogP contribution in [0.15, 0.2) is 30.3 Å². The fourth-order valence-corrected chi connectivity index (χ4v) is 3.07. The van der Waals surface area contributed by atoms with Crippen LogP contribution in [0.2, 0.25) is 0 Å². The molecule has 1 fully saturated rings. The maximum Gasteiger partial charge on any atom is 0.314 e. The molecule has 0 aliphatic carbocycles. The Morgan fingerprint density at radius 2 is 1.96 bits per heavy atom. The lowest BCUT2D eigenvalue weighted by molar-refractivity contribution is 0.120. The van der Waals surface area contributed by atoms with Gasteiger partial charge in [-0.25, -0.2) is 4.79 Å². The quantitative estimate of drug-likeness (QED) is 0.682. The van der Waals surface area contributed by atoms with E-state index in [4.69, 9.17) is 4.74 Å². The summed E-state index contributed by atoms with van der Waals surface area (Å²) in [5.41, 5.74) is 1.32. The molecule has 134 valence electrons. The van der Waals surface area contributed by atoms with E-state index in [9.17, 15) is 4.79 Å². The number of nitrogens with one attached hydrogen (secondary N) is 2. The van der Waals surface area contributed by atoms with Crippen LogP contribution in [0.4, 0.5) is 4.79 Å². The molecule has 0 atom stereocenters. The molecule has 0 aromatic heterocycles. The number of aryl methyl sites for hydroxylation is 1. The zero-order chi connectivity index (χ0) is 17.0. The SMILES string of the molecule is COCCN1CCC(CNC(=O)NCCCc2ccccc2)CC1. The molecule has 1 aliphatic heterocycles. The Bertz CT molecular complexity index is 459. The van der Waals surface area contributed by atoms with Gasteiger partial charge in [-0.15, -0.1) is 0 Å². The van der Waals surface area contributed by atoms with Gasteiger partial charge >= 0.3 is 6.03 Å². The summed E-state index contributed by atoms with van der Waals surface area (Å²) in [6, 6.07) is 10.3. The highest BCUT2D eigenvalue weighted by molar-refractivity contribution is 5.73. The van der Waals surface area contributed by atoms with Crippen molar-refractivity contribution in [3.05, 3.63) is 35.9 Å². The maximum absolute atomic E-state index is 11.9. The normalized spacial score (nSPS) is 16.0. The molecule has 1 aromatic rings. The van der Waals surface area contributed by atoms with E-state index in [1.165, 1.54) is 5.56 Å². The minimum Gasteiger partial charge on any atom is -0.383 e. The minimum absolute atomic E-state index is 0.0372. The summed E-state index contributed by atoms with van der Waals surface area (Å²) in [4.78, 5) is 14.3. The van der Waals surface area contributed by atoms with Crippen molar-refractivity contribution in [2.45, 2.75) is 25.7 Å². The van der Waals surface area contributed by atoms with Crippen molar-refractivity contribution in [1.82, 2.24) is 15.5 Å². The highest BCUT2D eigenvalue weighted by Crippen LogP contribution is 2.15. The van der Waals surface area contributed by atoms with Crippen LogP contribution >= 0.6 is 0 Å². The van der Waals surface area contributed by atoms with E-state index in [1.807, 2.05) is 6.07 Å². The molecule has 1 saturated heterocycles. The van der Waals surface area contributed by atoms with Crippen molar-refractivity contribution < 1.29 is 9.53 Å². The van der Waals surface area contributed by atoms with Crippen molar-refractivity contribution in [3.8, 4) is 0 Å². The summed E-state index contributed by atoms with van der Waals surface area (Å²) in [7, 11) is 1.75. The number of nitrogens with zero attached hydrogens (tertiary/aromatic N) is 1. The van der Waals surface area contributed by atoms with E-state index in [0.29, 0.717) is 5.92 Å². The predicted molar refractivity (Wildman–Crippen MR) is 97.2 cm³/mol. The van der Waals surface area contributed by atoms with Gasteiger partial charge in [0.15, 0.2) is 0 Å². The number of ether oxygens (including phenoxy) is 1. The molecule has 24 heavy (non-hydrogen) atoms. The van der Waals surface area contributed by atoms with Crippen LogP contribution < -0.4 is 10.6 Å². The average Bonchev–Trinajstić information content (AvgIpc) is 2.63. The third-order valence-electron chi connectivity index (χ3n) is 4.64. The second-order valence-electron chi connectivity index (χ2n) is 6.50. The number of hydrogen-bond acceptors (Lipinski definition) is 3. The highest BCUT2D eigenvalue weighted by atomic mass is 16.5. The lowest BCUT2D eigenvalue weighted by Crippen LogP contribution is -2.42. The number of benzene rings is 1. The molecule has 1 aromatic carbocycles. The zero-order valence-corrected chi connectivity index (χ0v) is 14.8. The molecule has 2 N–H and O–H groups in total. The minimum atomic E-state index is -0.0372. The van der Waals surface area contributed by atoms with Gasteiger partial charge in [-0.05, 0) is 50.3 Å². The number of methoxy groups -OCH3 is 1. The number of amides is 2. The summed E-state index contributed by atoms with van der Waals surface area (Å²) in [5, 5.41) is 5.97. The van der Waals surface area contributed by atoms with Crippen LogP contribution in [0.3, 0.4) is 0 Å². The van der Waals surface area contributed by atoms with Crippen LogP contribution in [0.25, 0.3) is 0 Å². The lowest BCUT2D eigenvalue weighted by atomic mass is 9.97. The fourth-order valence-electron chi connectivity index (χ4n) is 3.07. The molecule has 5 nitrogen and oxygen atoms in total. The molecule has 0 bridgehead atoms. The number of carbonyl (C=O) groups excluding carboxylic acids is 1. The predicted octanol–water partition coefficient (Wildman–Crippen LogP) is 2.28. The monoisotopic (exact) mass is 333 g/mol. The maximum atomic E-state index is 11.9. The molecule has 1 aliphatic rings. The Morgan fingerprint density at radius 1 is 1.21 bits per heavy atom. The molecule has 1 heterocycles. The Morgan fingerprint density at radius 3 is 2.67 bits per heavy atom. The van der Waals surface area contributed by atoms with Crippen molar-refractivity contribution in [2.24, 2.45) is 5.92 Å². The average molecular weight is 333 g/mol. The third-order valence-corrected chi connectivity index (χ3v) is 4.64. The standard InChI is InChI=1S/C19H31N3O2/c1-24-15-14-22-12-9-18(10-13-22)16-21-19(23)20-11-5-8-17-6-3-2-4-7-17/h2-4,6-7,18H,5,8-16H2,1H3,(H2,20,21,23). The van der Waals surface area contributed by atoms with Gasteiger partial charge in [-0.3, -0.25) is 0 Å². The molecule has 0 unspecified atom stereocenters. The fraction of sp³-hybridized carbons (Fsp3) is 0.632. The molecule has 2 rings (SSSR count). The van der Waals surface area contributed by atoms with E-state index in [-0.39, 0.29) is 6.03 Å². The largest absolute Gasteiger partial charge is 0.383 e.